The second-order valence-corrected chi connectivity index (χ2v) is 16.8. The Labute approximate surface area is 353 Å². The SMILES string of the molecule is CCC(OC1OC(C)C(O)C(O)C1O)C(C)C(=O)CC(O)CC(O)CC(O)C=CCC(O)CC(O)CC(O)CC(O)C=CCC(O)CC(O)CCCNC(=O)C1CCCN1. The Bertz CT molecular complexity index is 1260. The summed E-state index contributed by atoms with van der Waals surface area (Å²) in [5.41, 5.74) is 0. The van der Waals surface area contributed by atoms with Crippen LogP contribution in [-0.4, -0.2) is 184 Å². The van der Waals surface area contributed by atoms with Gasteiger partial charge in [0.15, 0.2) is 6.29 Å². The van der Waals surface area contributed by atoms with Crippen molar-refractivity contribution >= 4 is 11.7 Å². The van der Waals surface area contributed by atoms with Crippen molar-refractivity contribution in [2.24, 2.45) is 5.92 Å². The summed E-state index contributed by atoms with van der Waals surface area (Å²) in [6.45, 7) is 6.13. The van der Waals surface area contributed by atoms with Crippen LogP contribution in [0.1, 0.15) is 111 Å². The summed E-state index contributed by atoms with van der Waals surface area (Å²) in [6, 6.07) is -0.154. The van der Waals surface area contributed by atoms with E-state index >= 15 is 0 Å². The third kappa shape index (κ3) is 20.9. The maximum atomic E-state index is 12.9. The Morgan fingerprint density at radius 2 is 1.28 bits per heavy atom. The lowest BCUT2D eigenvalue weighted by Crippen LogP contribution is -2.58. The fourth-order valence-electron chi connectivity index (χ4n) is 7.51. The van der Waals surface area contributed by atoms with Crippen LogP contribution >= 0.6 is 0 Å². The van der Waals surface area contributed by atoms with Gasteiger partial charge in [-0.05, 0) is 84.1 Å². The van der Waals surface area contributed by atoms with Gasteiger partial charge in [-0.25, -0.2) is 0 Å². The molecular weight excluding hydrogens is 788 g/mol. The van der Waals surface area contributed by atoms with Gasteiger partial charge in [-0.15, -0.1) is 0 Å². The highest BCUT2D eigenvalue weighted by Gasteiger charge is 2.44. The second-order valence-electron chi connectivity index (χ2n) is 16.8. The molecule has 2 fully saturated rings. The first-order chi connectivity index (χ1) is 28.3. The van der Waals surface area contributed by atoms with Crippen molar-refractivity contribution in [1.29, 1.82) is 0 Å². The number of aliphatic hydroxyl groups is 12. The molecule has 0 aromatic heterocycles. The largest absolute Gasteiger partial charge is 0.393 e. The van der Waals surface area contributed by atoms with Crippen LogP contribution in [0.15, 0.2) is 24.3 Å². The molecule has 0 saturated carbocycles. The van der Waals surface area contributed by atoms with Crippen molar-refractivity contribution in [3.63, 3.8) is 0 Å². The Kier molecular flexibility index (Phi) is 25.9. The highest BCUT2D eigenvalue weighted by atomic mass is 16.7. The van der Waals surface area contributed by atoms with Crippen molar-refractivity contribution < 1.29 is 80.3 Å². The van der Waals surface area contributed by atoms with Gasteiger partial charge in [0, 0.05) is 31.7 Å². The third-order valence-electron chi connectivity index (χ3n) is 11.1. The van der Waals surface area contributed by atoms with Crippen molar-refractivity contribution in [2.45, 2.75) is 208 Å². The molecule has 18 nitrogen and oxygen atoms in total. The number of Topliss-reactive ketones (excluding diaryl/α,β-unsaturated/α-hetero) is 1. The molecule has 350 valence electrons. The Hall–Kier alpha value is -1.98. The minimum absolute atomic E-state index is 0.0394. The molecule has 2 aliphatic rings. The fourth-order valence-corrected chi connectivity index (χ4v) is 7.51. The molecule has 17 atom stereocenters. The number of amides is 1. The minimum Gasteiger partial charge on any atom is -0.393 e. The zero-order valence-corrected chi connectivity index (χ0v) is 35.4. The molecule has 2 aliphatic heterocycles. The normalized spacial score (nSPS) is 28.1. The first kappa shape index (κ1) is 54.2. The van der Waals surface area contributed by atoms with E-state index in [1.54, 1.807) is 19.9 Å². The summed E-state index contributed by atoms with van der Waals surface area (Å²) >= 11 is 0. The van der Waals surface area contributed by atoms with E-state index in [2.05, 4.69) is 10.6 Å². The van der Waals surface area contributed by atoms with E-state index in [0.717, 1.165) is 19.4 Å². The number of hydrogen-bond acceptors (Lipinski definition) is 17. The number of rotatable bonds is 30. The van der Waals surface area contributed by atoms with Crippen LogP contribution in [0.25, 0.3) is 0 Å². The number of hydrogen-bond donors (Lipinski definition) is 14. The summed E-state index contributed by atoms with van der Waals surface area (Å²) in [5, 5.41) is 129. The highest BCUT2D eigenvalue weighted by Crippen LogP contribution is 2.26. The maximum Gasteiger partial charge on any atom is 0.237 e. The Morgan fingerprint density at radius 3 is 1.83 bits per heavy atom. The number of ether oxygens (including phenoxy) is 2. The van der Waals surface area contributed by atoms with Crippen LogP contribution in [0.5, 0.6) is 0 Å². The zero-order valence-electron chi connectivity index (χ0n) is 35.4. The molecule has 2 heterocycles. The summed E-state index contributed by atoms with van der Waals surface area (Å²) in [5.74, 6) is -1.15. The van der Waals surface area contributed by atoms with Crippen LogP contribution in [0.2, 0.25) is 0 Å². The van der Waals surface area contributed by atoms with Gasteiger partial charge in [0.25, 0.3) is 0 Å². The van der Waals surface area contributed by atoms with Crippen LogP contribution in [0.3, 0.4) is 0 Å². The lowest BCUT2D eigenvalue weighted by Gasteiger charge is -2.40. The molecule has 0 aromatic carbocycles. The van der Waals surface area contributed by atoms with E-state index in [1.165, 1.54) is 25.2 Å². The van der Waals surface area contributed by atoms with Crippen LogP contribution in [0, 0.1) is 5.92 Å². The fraction of sp³-hybridized carbons (Fsp3) is 0.857. The number of aliphatic hydroxyl groups excluding tert-OH is 12. The van der Waals surface area contributed by atoms with Crippen molar-refractivity contribution in [3.05, 3.63) is 24.3 Å². The molecule has 0 aromatic rings. The highest BCUT2D eigenvalue weighted by molar-refractivity contribution is 5.82. The van der Waals surface area contributed by atoms with Gasteiger partial charge in [0.05, 0.1) is 73.2 Å². The minimum atomic E-state index is -1.53. The molecule has 2 rings (SSSR count). The summed E-state index contributed by atoms with van der Waals surface area (Å²) in [4.78, 5) is 24.9. The van der Waals surface area contributed by atoms with Gasteiger partial charge in [0.2, 0.25) is 5.91 Å². The van der Waals surface area contributed by atoms with Gasteiger partial charge in [0.1, 0.15) is 24.1 Å². The second kappa shape index (κ2) is 28.7. The van der Waals surface area contributed by atoms with Gasteiger partial charge >= 0.3 is 0 Å². The Balaban J connectivity index is 1.60. The molecule has 2 saturated heterocycles. The topological polar surface area (TPSA) is 319 Å². The van der Waals surface area contributed by atoms with Crippen molar-refractivity contribution in [3.8, 4) is 0 Å². The molecule has 0 radical (unpaired) electrons. The maximum absolute atomic E-state index is 12.9. The predicted molar refractivity (Wildman–Crippen MR) is 219 cm³/mol. The average molecular weight is 865 g/mol. The number of carbonyl (C=O) groups excluding carboxylic acids is 2. The van der Waals surface area contributed by atoms with Crippen LogP contribution in [-0.2, 0) is 19.1 Å². The van der Waals surface area contributed by atoms with Gasteiger partial charge in [-0.2, -0.15) is 0 Å². The molecule has 18 heteroatoms. The molecular formula is C42H76N2O16. The Morgan fingerprint density at radius 1 is 0.750 bits per heavy atom. The van der Waals surface area contributed by atoms with Crippen molar-refractivity contribution in [1.82, 2.24) is 10.6 Å². The smallest absolute Gasteiger partial charge is 0.237 e. The first-order valence-electron chi connectivity index (χ1n) is 21.7. The van der Waals surface area contributed by atoms with E-state index in [-0.39, 0.29) is 75.5 Å². The van der Waals surface area contributed by atoms with E-state index in [1.807, 2.05) is 0 Å². The van der Waals surface area contributed by atoms with E-state index in [4.69, 9.17) is 9.47 Å². The number of ketones is 1. The monoisotopic (exact) mass is 865 g/mol. The lowest BCUT2D eigenvalue weighted by molar-refractivity contribution is -0.306. The van der Waals surface area contributed by atoms with Gasteiger partial charge < -0.3 is 81.4 Å². The zero-order chi connectivity index (χ0) is 44.9. The lowest BCUT2D eigenvalue weighted by atomic mass is 9.91. The predicted octanol–water partition coefficient (Wildman–Crippen LogP) is -1.67. The van der Waals surface area contributed by atoms with Crippen molar-refractivity contribution in [2.75, 3.05) is 13.1 Å². The quantitative estimate of drug-likeness (QED) is 0.0284. The molecule has 1 amide bonds. The molecule has 0 spiro atoms. The summed E-state index contributed by atoms with van der Waals surface area (Å²) in [7, 11) is 0. The molecule has 60 heavy (non-hydrogen) atoms. The molecule has 0 aliphatic carbocycles. The number of nitrogens with one attached hydrogen (secondary N) is 2. The van der Waals surface area contributed by atoms with E-state index in [9.17, 15) is 70.9 Å². The molecule has 0 bridgehead atoms. The summed E-state index contributed by atoms with van der Waals surface area (Å²) < 4.78 is 11.3. The van der Waals surface area contributed by atoms with E-state index < -0.39 is 97.7 Å². The summed E-state index contributed by atoms with van der Waals surface area (Å²) in [6.07, 6.45) is -8.24. The first-order valence-corrected chi connectivity index (χ1v) is 21.7. The van der Waals surface area contributed by atoms with E-state index in [0.29, 0.717) is 25.8 Å². The number of carbonyl (C=O) groups is 2. The standard InChI is InChI=1S/C42H76N2O16/c1-4-37(60-42-40(57)39(56)38(55)25(3)59-42)24(2)36(54)23-34(53)22-33(52)20-29(48)12-6-11-28(47)19-32(51)21-31(50)18-27(46)10-5-9-26(45)17-30(49)13-7-16-44-41(58)35-14-8-15-43-35/h5-6,10,12,24-35,37-40,42-43,45-53,55-57H,4,7-9,11,13-23H2,1-3H3,(H,44,58). The van der Waals surface area contributed by atoms with Crippen LogP contribution in [0.4, 0.5) is 0 Å². The van der Waals surface area contributed by atoms with Crippen LogP contribution < -0.4 is 10.6 Å². The third-order valence-corrected chi connectivity index (χ3v) is 11.1. The molecule has 14 N–H and O–H groups in total. The average Bonchev–Trinajstić information content (AvgIpc) is 3.71. The van der Waals surface area contributed by atoms with Gasteiger partial charge in [-0.3, -0.25) is 9.59 Å². The molecule has 17 unspecified atom stereocenters. The van der Waals surface area contributed by atoms with Gasteiger partial charge in [-0.1, -0.05) is 38.2 Å².